The molecule has 0 spiro atoms. The summed E-state index contributed by atoms with van der Waals surface area (Å²) in [7, 11) is 0. The van der Waals surface area contributed by atoms with E-state index in [0.29, 0.717) is 31.1 Å². The van der Waals surface area contributed by atoms with E-state index in [9.17, 15) is 4.79 Å². The van der Waals surface area contributed by atoms with Gasteiger partial charge in [0.2, 0.25) is 5.90 Å². The first kappa shape index (κ1) is 25.4. The van der Waals surface area contributed by atoms with E-state index in [2.05, 4.69) is 38.9 Å². The van der Waals surface area contributed by atoms with Crippen molar-refractivity contribution in [2.24, 2.45) is 4.99 Å². The summed E-state index contributed by atoms with van der Waals surface area (Å²) in [5.74, 6) is 0.921. The molecular weight excluding hydrogens is 534 g/mol. The number of hydrogen-bond donors (Lipinski definition) is 3. The molecule has 1 atom stereocenters. The van der Waals surface area contributed by atoms with Gasteiger partial charge in [0.1, 0.15) is 12.4 Å². The zero-order valence-electron chi connectivity index (χ0n) is 20.5. The Hall–Kier alpha value is -3.20. The number of hydrogen-bond acceptors (Lipinski definition) is 6. The maximum atomic E-state index is 13.6. The summed E-state index contributed by atoms with van der Waals surface area (Å²) < 4.78 is 12.6. The van der Waals surface area contributed by atoms with Gasteiger partial charge in [-0.3, -0.25) is 10.2 Å². The van der Waals surface area contributed by atoms with E-state index in [-0.39, 0.29) is 25.2 Å². The number of nitrogens with one attached hydrogen (secondary N) is 2. The Morgan fingerprint density at radius 1 is 1.05 bits per heavy atom. The van der Waals surface area contributed by atoms with Crippen LogP contribution in [0.5, 0.6) is 5.75 Å². The number of carbonyl (C=O) groups is 1. The first-order valence-corrected chi connectivity index (χ1v) is 13.3. The first-order chi connectivity index (χ1) is 18.0. The normalized spacial score (nSPS) is 18.7. The highest BCUT2D eigenvalue weighted by Gasteiger charge is 2.45. The van der Waals surface area contributed by atoms with Crippen molar-refractivity contribution in [1.29, 1.82) is 0 Å². The average molecular weight is 564 g/mol. The lowest BCUT2D eigenvalue weighted by atomic mass is 9.91. The van der Waals surface area contributed by atoms with Crippen LogP contribution >= 0.6 is 15.9 Å². The summed E-state index contributed by atoms with van der Waals surface area (Å²) in [4.78, 5) is 18.5. The molecule has 1 amide bonds. The maximum absolute atomic E-state index is 13.6. The van der Waals surface area contributed by atoms with Crippen molar-refractivity contribution < 1.29 is 19.4 Å². The van der Waals surface area contributed by atoms with Crippen molar-refractivity contribution in [3.8, 4) is 5.75 Å². The van der Waals surface area contributed by atoms with Crippen LogP contribution in [0.15, 0.2) is 82.3 Å². The Labute approximate surface area is 225 Å². The minimum Gasteiger partial charge on any atom is -0.494 e. The summed E-state index contributed by atoms with van der Waals surface area (Å²) in [6, 6.07) is 23.8. The molecule has 1 heterocycles. The van der Waals surface area contributed by atoms with Crippen molar-refractivity contribution in [3.63, 3.8) is 0 Å². The van der Waals surface area contributed by atoms with Gasteiger partial charge >= 0.3 is 0 Å². The SMILES string of the molecule is O=C(NNC1Cc2ccccc2C1)[C@]1(Cc2ccc(Br)cc2)COC(c2ccc(OCCCO)cc2)=N1. The van der Waals surface area contributed by atoms with Crippen LogP contribution < -0.4 is 15.6 Å². The van der Waals surface area contributed by atoms with Crippen LogP contribution in [-0.2, 0) is 28.8 Å². The predicted octanol–water partition coefficient (Wildman–Crippen LogP) is 3.76. The zero-order chi connectivity index (χ0) is 25.7. The number of aliphatic hydroxyl groups excluding tert-OH is 1. The Bertz CT molecular complexity index is 1240. The van der Waals surface area contributed by atoms with E-state index in [1.807, 2.05) is 60.7 Å². The van der Waals surface area contributed by atoms with Gasteiger partial charge in [0, 0.05) is 35.5 Å². The molecule has 3 N–H and O–H groups in total. The van der Waals surface area contributed by atoms with Crippen molar-refractivity contribution in [2.45, 2.75) is 37.3 Å². The molecule has 192 valence electrons. The maximum Gasteiger partial charge on any atom is 0.266 e. The molecule has 2 aliphatic rings. The van der Waals surface area contributed by atoms with Gasteiger partial charge in [-0.25, -0.2) is 10.4 Å². The number of ether oxygens (including phenoxy) is 2. The summed E-state index contributed by atoms with van der Waals surface area (Å²) in [6.07, 6.45) is 2.72. The molecule has 1 aliphatic carbocycles. The molecular formula is C29H30BrN3O4. The lowest BCUT2D eigenvalue weighted by Crippen LogP contribution is -2.55. The third-order valence-electron chi connectivity index (χ3n) is 6.71. The molecule has 3 aromatic carbocycles. The van der Waals surface area contributed by atoms with Crippen LogP contribution in [-0.4, -0.2) is 48.3 Å². The van der Waals surface area contributed by atoms with Gasteiger partial charge in [-0.2, -0.15) is 0 Å². The molecule has 0 unspecified atom stereocenters. The van der Waals surface area contributed by atoms with E-state index in [1.54, 1.807) is 0 Å². The lowest BCUT2D eigenvalue weighted by molar-refractivity contribution is -0.128. The molecule has 8 heteroatoms. The largest absolute Gasteiger partial charge is 0.494 e. The summed E-state index contributed by atoms with van der Waals surface area (Å²) in [5.41, 5.74) is 9.50. The summed E-state index contributed by atoms with van der Waals surface area (Å²) in [5, 5.41) is 8.93. The Kier molecular flexibility index (Phi) is 7.88. The summed E-state index contributed by atoms with van der Waals surface area (Å²) in [6.45, 7) is 0.683. The minimum absolute atomic E-state index is 0.0911. The smallest absolute Gasteiger partial charge is 0.266 e. The summed E-state index contributed by atoms with van der Waals surface area (Å²) >= 11 is 3.48. The molecule has 7 nitrogen and oxygen atoms in total. The fourth-order valence-corrected chi connectivity index (χ4v) is 4.98. The van der Waals surface area contributed by atoms with E-state index in [4.69, 9.17) is 19.6 Å². The fourth-order valence-electron chi connectivity index (χ4n) is 4.71. The van der Waals surface area contributed by atoms with Crippen LogP contribution in [0.25, 0.3) is 0 Å². The molecule has 0 fully saturated rings. The molecule has 0 radical (unpaired) electrons. The number of rotatable bonds is 10. The Balaban J connectivity index is 1.32. The van der Waals surface area contributed by atoms with Crippen LogP contribution in [0, 0.1) is 0 Å². The fraction of sp³-hybridized carbons (Fsp3) is 0.310. The monoisotopic (exact) mass is 563 g/mol. The Morgan fingerprint density at radius 3 is 2.43 bits per heavy atom. The number of aliphatic imine (C=N–C) groups is 1. The van der Waals surface area contributed by atoms with Gasteiger partial charge in [-0.1, -0.05) is 52.3 Å². The number of fused-ring (bicyclic) bond motifs is 1. The molecule has 37 heavy (non-hydrogen) atoms. The van der Waals surface area contributed by atoms with Crippen molar-refractivity contribution >= 4 is 27.7 Å². The Morgan fingerprint density at radius 2 is 1.76 bits per heavy atom. The van der Waals surface area contributed by atoms with Crippen molar-refractivity contribution in [1.82, 2.24) is 10.9 Å². The highest BCUT2D eigenvalue weighted by molar-refractivity contribution is 9.10. The standard InChI is InChI=1S/C29H30BrN3O4/c30-24-10-6-20(7-11-24)18-29(28(35)33-32-25-16-22-4-1-2-5-23(22)17-25)19-37-27(31-29)21-8-12-26(13-9-21)36-15-3-14-34/h1-2,4-13,25,32,34H,3,14-19H2,(H,33,35)/t29-/m0/s1. The number of hydrazine groups is 1. The van der Waals surface area contributed by atoms with E-state index >= 15 is 0 Å². The topological polar surface area (TPSA) is 92.2 Å². The van der Waals surface area contributed by atoms with Gasteiger partial charge < -0.3 is 14.6 Å². The van der Waals surface area contributed by atoms with Crippen LogP contribution in [0.3, 0.4) is 0 Å². The van der Waals surface area contributed by atoms with Crippen LogP contribution in [0.4, 0.5) is 0 Å². The van der Waals surface area contributed by atoms with Gasteiger partial charge in [0.15, 0.2) is 5.54 Å². The third-order valence-corrected chi connectivity index (χ3v) is 7.24. The minimum atomic E-state index is -1.10. The second-order valence-corrected chi connectivity index (χ2v) is 10.4. The van der Waals surface area contributed by atoms with Crippen molar-refractivity contribution in [3.05, 3.63) is 99.5 Å². The van der Waals surface area contributed by atoms with E-state index in [0.717, 1.165) is 28.4 Å². The number of halogens is 1. The predicted molar refractivity (Wildman–Crippen MR) is 146 cm³/mol. The first-order valence-electron chi connectivity index (χ1n) is 12.5. The van der Waals surface area contributed by atoms with Crippen LogP contribution in [0.1, 0.15) is 28.7 Å². The van der Waals surface area contributed by atoms with E-state index < -0.39 is 5.54 Å². The van der Waals surface area contributed by atoms with Crippen LogP contribution in [0.2, 0.25) is 0 Å². The number of carbonyl (C=O) groups excluding carboxylic acids is 1. The second kappa shape index (κ2) is 11.5. The van der Waals surface area contributed by atoms with E-state index in [1.165, 1.54) is 11.1 Å². The molecule has 5 rings (SSSR count). The number of benzene rings is 3. The molecule has 0 saturated heterocycles. The molecule has 0 saturated carbocycles. The number of amides is 1. The highest BCUT2D eigenvalue weighted by atomic mass is 79.9. The molecule has 3 aromatic rings. The third kappa shape index (κ3) is 6.04. The van der Waals surface area contributed by atoms with Gasteiger partial charge in [0.25, 0.3) is 5.91 Å². The molecule has 0 bridgehead atoms. The average Bonchev–Trinajstić information content (AvgIpc) is 3.54. The van der Waals surface area contributed by atoms with Gasteiger partial charge in [-0.05, 0) is 65.9 Å². The number of nitrogens with zero attached hydrogens (tertiary/aromatic N) is 1. The van der Waals surface area contributed by atoms with Gasteiger partial charge in [-0.15, -0.1) is 0 Å². The quantitative estimate of drug-likeness (QED) is 0.258. The second-order valence-electron chi connectivity index (χ2n) is 9.46. The molecule has 1 aliphatic heterocycles. The zero-order valence-corrected chi connectivity index (χ0v) is 22.0. The number of aliphatic hydroxyl groups is 1. The van der Waals surface area contributed by atoms with Gasteiger partial charge in [0.05, 0.1) is 6.61 Å². The van der Waals surface area contributed by atoms with Crippen molar-refractivity contribution in [2.75, 3.05) is 19.8 Å². The highest BCUT2D eigenvalue weighted by Crippen LogP contribution is 2.28. The molecule has 0 aromatic heterocycles. The lowest BCUT2D eigenvalue weighted by Gasteiger charge is -2.24.